The smallest absolute Gasteiger partial charge is 0.243 e. The number of fused-ring (bicyclic) bond motifs is 1. The number of nitrogens with zero attached hydrogens (tertiary/aromatic N) is 1. The second kappa shape index (κ2) is 8.96. The van der Waals surface area contributed by atoms with Gasteiger partial charge in [0, 0.05) is 12.2 Å². The van der Waals surface area contributed by atoms with E-state index in [0.717, 1.165) is 33.9 Å². The number of nitrogens with one attached hydrogen (secondary N) is 2. The minimum atomic E-state index is -0.395. The average Bonchev–Trinajstić information content (AvgIpc) is 3.16. The Hall–Kier alpha value is -3.06. The van der Waals surface area contributed by atoms with Gasteiger partial charge in [0.05, 0.1) is 12.6 Å². The molecule has 1 aliphatic rings. The van der Waals surface area contributed by atoms with Crippen LogP contribution in [0.4, 0.5) is 5.69 Å². The first-order valence-electron chi connectivity index (χ1n) is 9.57. The van der Waals surface area contributed by atoms with E-state index < -0.39 is 6.04 Å². The van der Waals surface area contributed by atoms with E-state index in [1.54, 1.807) is 0 Å². The third-order valence-corrected chi connectivity index (χ3v) is 5.08. The number of amides is 2. The van der Waals surface area contributed by atoms with E-state index in [2.05, 4.69) is 10.6 Å². The lowest BCUT2D eigenvalue weighted by Crippen LogP contribution is -2.45. The highest BCUT2D eigenvalue weighted by Gasteiger charge is 2.20. The van der Waals surface area contributed by atoms with Crippen LogP contribution in [0.5, 0.6) is 11.5 Å². The second-order valence-corrected chi connectivity index (χ2v) is 7.31. The topological polar surface area (TPSA) is 79.9 Å². The Balaban J connectivity index is 1.50. The van der Waals surface area contributed by atoms with E-state index in [4.69, 9.17) is 9.47 Å². The van der Waals surface area contributed by atoms with E-state index in [1.807, 2.05) is 69.1 Å². The molecule has 0 bridgehead atoms. The minimum Gasteiger partial charge on any atom is -0.454 e. The lowest BCUT2D eigenvalue weighted by molar-refractivity contribution is -0.127. The molecule has 7 heteroatoms. The second-order valence-electron chi connectivity index (χ2n) is 7.31. The molecule has 2 N–H and O–H groups in total. The maximum absolute atomic E-state index is 12.5. The fourth-order valence-corrected chi connectivity index (χ4v) is 3.17. The van der Waals surface area contributed by atoms with Crippen LogP contribution in [-0.2, 0) is 16.1 Å². The molecule has 0 unspecified atom stereocenters. The van der Waals surface area contributed by atoms with Gasteiger partial charge in [-0.05, 0) is 56.6 Å². The highest BCUT2D eigenvalue weighted by atomic mass is 16.7. The largest absolute Gasteiger partial charge is 0.454 e. The maximum atomic E-state index is 12.5. The van der Waals surface area contributed by atoms with Crippen LogP contribution < -0.4 is 20.1 Å². The summed E-state index contributed by atoms with van der Waals surface area (Å²) >= 11 is 0. The van der Waals surface area contributed by atoms with Crippen molar-refractivity contribution in [2.75, 3.05) is 25.7 Å². The lowest BCUT2D eigenvalue weighted by atomic mass is 10.1. The van der Waals surface area contributed by atoms with Crippen molar-refractivity contribution in [1.29, 1.82) is 0 Å². The predicted octanol–water partition coefficient (Wildman–Crippen LogP) is 2.61. The van der Waals surface area contributed by atoms with Crippen molar-refractivity contribution in [1.82, 2.24) is 10.2 Å². The van der Waals surface area contributed by atoms with Gasteiger partial charge in [0.1, 0.15) is 0 Å². The summed E-state index contributed by atoms with van der Waals surface area (Å²) < 4.78 is 10.7. The molecular formula is C22H27N3O4. The van der Waals surface area contributed by atoms with Gasteiger partial charge in [-0.2, -0.15) is 0 Å². The zero-order valence-electron chi connectivity index (χ0n) is 17.2. The number of hydrogen-bond donors (Lipinski definition) is 2. The minimum absolute atomic E-state index is 0.0746. The summed E-state index contributed by atoms with van der Waals surface area (Å²) in [5.74, 6) is 1.000. The molecule has 1 aliphatic heterocycles. The zero-order valence-corrected chi connectivity index (χ0v) is 17.2. The maximum Gasteiger partial charge on any atom is 0.243 e. The SMILES string of the molecule is Cc1cccc(C)c1NC(=O)CNC(=O)[C@@H](C)N(C)Cc1ccc2c(c1)OCO2. The molecule has 0 spiro atoms. The van der Waals surface area contributed by atoms with Gasteiger partial charge in [-0.3, -0.25) is 14.5 Å². The van der Waals surface area contributed by atoms with Gasteiger partial charge in [-0.25, -0.2) is 0 Å². The molecule has 0 saturated carbocycles. The number of rotatable bonds is 7. The summed E-state index contributed by atoms with van der Waals surface area (Å²) in [6, 6.07) is 11.2. The summed E-state index contributed by atoms with van der Waals surface area (Å²) in [6.45, 7) is 6.42. The molecule has 2 aromatic rings. The number of benzene rings is 2. The highest BCUT2D eigenvalue weighted by Crippen LogP contribution is 2.32. The van der Waals surface area contributed by atoms with E-state index in [1.165, 1.54) is 0 Å². The van der Waals surface area contributed by atoms with Crippen molar-refractivity contribution >= 4 is 17.5 Å². The first kappa shape index (κ1) is 20.7. The van der Waals surface area contributed by atoms with Crippen molar-refractivity contribution in [3.8, 4) is 11.5 Å². The van der Waals surface area contributed by atoms with E-state index >= 15 is 0 Å². The third kappa shape index (κ3) is 5.06. The third-order valence-electron chi connectivity index (χ3n) is 5.08. The van der Waals surface area contributed by atoms with Crippen molar-refractivity contribution in [3.05, 3.63) is 53.1 Å². The summed E-state index contributed by atoms with van der Waals surface area (Å²) in [7, 11) is 1.87. The van der Waals surface area contributed by atoms with E-state index in [0.29, 0.717) is 6.54 Å². The number of anilines is 1. The summed E-state index contributed by atoms with van der Waals surface area (Å²) in [5.41, 5.74) is 3.78. The Morgan fingerprint density at radius 1 is 1.10 bits per heavy atom. The zero-order chi connectivity index (χ0) is 21.0. The molecule has 2 amide bonds. The Bertz CT molecular complexity index is 893. The molecule has 3 rings (SSSR count). The van der Waals surface area contributed by atoms with Crippen LogP contribution >= 0.6 is 0 Å². The molecular weight excluding hydrogens is 370 g/mol. The van der Waals surface area contributed by atoms with E-state index in [9.17, 15) is 9.59 Å². The molecule has 1 heterocycles. The number of para-hydroxylation sites is 1. The van der Waals surface area contributed by atoms with Crippen molar-refractivity contribution in [2.24, 2.45) is 0 Å². The Labute approximate surface area is 171 Å². The quantitative estimate of drug-likeness (QED) is 0.751. The van der Waals surface area contributed by atoms with Crippen LogP contribution in [0.2, 0.25) is 0 Å². The first-order chi connectivity index (χ1) is 13.8. The van der Waals surface area contributed by atoms with Crippen LogP contribution in [0.25, 0.3) is 0 Å². The highest BCUT2D eigenvalue weighted by molar-refractivity contribution is 5.96. The van der Waals surface area contributed by atoms with Crippen molar-refractivity contribution in [2.45, 2.75) is 33.4 Å². The van der Waals surface area contributed by atoms with Gasteiger partial charge in [0.25, 0.3) is 0 Å². The van der Waals surface area contributed by atoms with Gasteiger partial charge in [-0.15, -0.1) is 0 Å². The molecule has 7 nitrogen and oxygen atoms in total. The normalized spacial score (nSPS) is 13.3. The number of aryl methyl sites for hydroxylation is 2. The van der Waals surface area contributed by atoms with Crippen LogP contribution in [-0.4, -0.2) is 43.1 Å². The first-order valence-corrected chi connectivity index (χ1v) is 9.57. The molecule has 0 aromatic heterocycles. The molecule has 0 aliphatic carbocycles. The lowest BCUT2D eigenvalue weighted by Gasteiger charge is -2.24. The number of hydrogen-bond acceptors (Lipinski definition) is 5. The number of carbonyl (C=O) groups is 2. The molecule has 2 aromatic carbocycles. The van der Waals surface area contributed by atoms with Crippen LogP contribution in [0, 0.1) is 13.8 Å². The van der Waals surface area contributed by atoms with E-state index in [-0.39, 0.29) is 25.2 Å². The molecule has 0 fully saturated rings. The monoisotopic (exact) mass is 397 g/mol. The summed E-state index contributed by atoms with van der Waals surface area (Å²) in [5, 5.41) is 5.59. The molecule has 1 atom stereocenters. The van der Waals surface area contributed by atoms with Gasteiger partial charge in [0.15, 0.2) is 11.5 Å². The summed E-state index contributed by atoms with van der Waals surface area (Å²) in [6.07, 6.45) is 0. The molecule has 154 valence electrons. The van der Waals surface area contributed by atoms with Crippen molar-refractivity contribution < 1.29 is 19.1 Å². The molecule has 0 radical (unpaired) electrons. The summed E-state index contributed by atoms with van der Waals surface area (Å²) in [4.78, 5) is 26.6. The van der Waals surface area contributed by atoms with Crippen LogP contribution in [0.1, 0.15) is 23.6 Å². The van der Waals surface area contributed by atoms with Gasteiger partial charge in [-0.1, -0.05) is 24.3 Å². The predicted molar refractivity (Wildman–Crippen MR) is 111 cm³/mol. The molecule has 0 saturated heterocycles. The van der Waals surface area contributed by atoms with Gasteiger partial charge in [0.2, 0.25) is 18.6 Å². The standard InChI is InChI=1S/C22H27N3O4/c1-14-6-5-7-15(2)21(14)24-20(26)11-23-22(27)16(3)25(4)12-17-8-9-18-19(10-17)29-13-28-18/h5-10,16H,11-13H2,1-4H3,(H,23,27)(H,24,26)/t16-/m1/s1. The fraction of sp³-hybridized carbons (Fsp3) is 0.364. The Morgan fingerprint density at radius 2 is 1.79 bits per heavy atom. The Morgan fingerprint density at radius 3 is 2.52 bits per heavy atom. The fourth-order valence-electron chi connectivity index (χ4n) is 3.17. The van der Waals surface area contributed by atoms with Gasteiger partial charge < -0.3 is 20.1 Å². The van der Waals surface area contributed by atoms with Crippen molar-refractivity contribution in [3.63, 3.8) is 0 Å². The number of likely N-dealkylation sites (N-methyl/N-ethyl adjacent to an activating group) is 1. The number of ether oxygens (including phenoxy) is 2. The van der Waals surface area contributed by atoms with Crippen LogP contribution in [0.3, 0.4) is 0 Å². The Kier molecular flexibility index (Phi) is 6.39. The average molecular weight is 397 g/mol. The molecule has 29 heavy (non-hydrogen) atoms. The van der Waals surface area contributed by atoms with Crippen LogP contribution in [0.15, 0.2) is 36.4 Å². The number of carbonyl (C=O) groups excluding carboxylic acids is 2. The van der Waals surface area contributed by atoms with Gasteiger partial charge >= 0.3 is 0 Å².